The van der Waals surface area contributed by atoms with Crippen molar-refractivity contribution in [2.75, 3.05) is 13.1 Å². The topological polar surface area (TPSA) is 74.7 Å². The van der Waals surface area contributed by atoms with Crippen molar-refractivity contribution >= 4 is 22.1 Å². The number of carboxylic acids is 1. The number of sulfonamides is 1. The van der Waals surface area contributed by atoms with Gasteiger partial charge in [0.15, 0.2) is 0 Å². The van der Waals surface area contributed by atoms with Crippen LogP contribution in [0, 0.1) is 5.92 Å². The molecule has 1 aliphatic rings. The predicted molar refractivity (Wildman–Crippen MR) is 80.3 cm³/mol. The third kappa shape index (κ3) is 4.15. The lowest BCUT2D eigenvalue weighted by Gasteiger charge is -2.20. The third-order valence-corrected chi connectivity index (χ3v) is 5.40. The summed E-state index contributed by atoms with van der Waals surface area (Å²) in [6.45, 7) is 2.88. The highest BCUT2D eigenvalue weighted by Crippen LogP contribution is 2.31. The number of hydrogen-bond acceptors (Lipinski definition) is 3. The molecule has 0 bridgehead atoms. The molecule has 1 fully saturated rings. The molecular formula is C15H19NO4S. The summed E-state index contributed by atoms with van der Waals surface area (Å²) in [7, 11) is -3.46. The first kappa shape index (κ1) is 15.7. The van der Waals surface area contributed by atoms with E-state index in [1.807, 2.05) is 6.92 Å². The number of carbonyl (C=O) groups is 1. The molecule has 0 spiro atoms. The molecule has 1 aliphatic carbocycles. The second-order valence-corrected chi connectivity index (χ2v) is 7.08. The number of aliphatic carboxylic acids is 1. The first-order valence-corrected chi connectivity index (χ1v) is 8.38. The lowest BCUT2D eigenvalue weighted by molar-refractivity contribution is -0.131. The minimum Gasteiger partial charge on any atom is -0.478 e. The molecule has 0 saturated heterocycles. The molecule has 6 heteroatoms. The molecule has 0 unspecified atom stereocenters. The molecule has 1 aromatic rings. The number of benzene rings is 1. The average Bonchev–Trinajstić information content (AvgIpc) is 3.26. The van der Waals surface area contributed by atoms with Gasteiger partial charge in [0.25, 0.3) is 0 Å². The molecule has 1 saturated carbocycles. The summed E-state index contributed by atoms with van der Waals surface area (Å²) >= 11 is 0. The van der Waals surface area contributed by atoms with Crippen LogP contribution in [0.5, 0.6) is 0 Å². The van der Waals surface area contributed by atoms with Crippen LogP contribution in [0.25, 0.3) is 6.08 Å². The predicted octanol–water partition coefficient (Wildman–Crippen LogP) is 2.21. The largest absolute Gasteiger partial charge is 0.478 e. The molecule has 21 heavy (non-hydrogen) atoms. The van der Waals surface area contributed by atoms with E-state index >= 15 is 0 Å². The van der Waals surface area contributed by atoms with Crippen LogP contribution in [0.1, 0.15) is 25.3 Å². The molecule has 0 aliphatic heterocycles. The second-order valence-electron chi connectivity index (χ2n) is 5.14. The van der Waals surface area contributed by atoms with Crippen molar-refractivity contribution in [1.82, 2.24) is 4.31 Å². The summed E-state index contributed by atoms with van der Waals surface area (Å²) < 4.78 is 26.5. The van der Waals surface area contributed by atoms with Crippen molar-refractivity contribution in [3.8, 4) is 0 Å². The SMILES string of the molecule is CCN(CC1CC1)S(=O)(=O)c1ccc(C=CC(=O)O)cc1. The van der Waals surface area contributed by atoms with Crippen LogP contribution in [0.15, 0.2) is 35.2 Å². The average molecular weight is 309 g/mol. The Hall–Kier alpha value is -1.66. The second kappa shape index (κ2) is 6.41. The van der Waals surface area contributed by atoms with Gasteiger partial charge in [-0.3, -0.25) is 0 Å². The molecule has 1 aromatic carbocycles. The zero-order chi connectivity index (χ0) is 15.5. The standard InChI is InChI=1S/C15H19NO4S/c1-2-16(11-13-3-4-13)21(19,20)14-8-5-12(6-9-14)7-10-15(17)18/h5-10,13H,2-4,11H2,1H3,(H,17,18). The van der Waals surface area contributed by atoms with Gasteiger partial charge in [-0.05, 0) is 42.5 Å². The zero-order valence-electron chi connectivity index (χ0n) is 11.9. The first-order valence-electron chi connectivity index (χ1n) is 6.94. The molecule has 2 rings (SSSR count). The molecule has 0 atom stereocenters. The number of nitrogens with zero attached hydrogens (tertiary/aromatic N) is 1. The van der Waals surface area contributed by atoms with Crippen LogP contribution in [0.4, 0.5) is 0 Å². The zero-order valence-corrected chi connectivity index (χ0v) is 12.7. The number of hydrogen-bond donors (Lipinski definition) is 1. The molecular weight excluding hydrogens is 290 g/mol. The molecule has 114 valence electrons. The maximum absolute atomic E-state index is 12.5. The Morgan fingerprint density at radius 1 is 1.33 bits per heavy atom. The van der Waals surface area contributed by atoms with Gasteiger partial charge in [0.1, 0.15) is 0 Å². The van der Waals surface area contributed by atoms with E-state index in [0.717, 1.165) is 18.9 Å². The summed E-state index contributed by atoms with van der Waals surface area (Å²) in [4.78, 5) is 10.7. The fraction of sp³-hybridized carbons (Fsp3) is 0.400. The van der Waals surface area contributed by atoms with Crippen molar-refractivity contribution in [1.29, 1.82) is 0 Å². The molecule has 5 nitrogen and oxygen atoms in total. The van der Waals surface area contributed by atoms with Gasteiger partial charge in [0.05, 0.1) is 4.90 Å². The Kier molecular flexibility index (Phi) is 4.80. The van der Waals surface area contributed by atoms with Gasteiger partial charge in [-0.15, -0.1) is 0 Å². The van der Waals surface area contributed by atoms with E-state index in [1.165, 1.54) is 22.5 Å². The van der Waals surface area contributed by atoms with Crippen LogP contribution in [-0.4, -0.2) is 36.9 Å². The van der Waals surface area contributed by atoms with Gasteiger partial charge in [-0.2, -0.15) is 4.31 Å². The van der Waals surface area contributed by atoms with Gasteiger partial charge in [0, 0.05) is 19.2 Å². The summed E-state index contributed by atoms with van der Waals surface area (Å²) in [5.41, 5.74) is 0.654. The van der Waals surface area contributed by atoms with E-state index in [9.17, 15) is 13.2 Å². The molecule has 0 aromatic heterocycles. The lowest BCUT2D eigenvalue weighted by Crippen LogP contribution is -2.32. The Balaban J connectivity index is 2.17. The fourth-order valence-corrected chi connectivity index (χ4v) is 3.58. The van der Waals surface area contributed by atoms with E-state index in [2.05, 4.69) is 0 Å². The minimum atomic E-state index is -3.46. The highest BCUT2D eigenvalue weighted by atomic mass is 32.2. The van der Waals surface area contributed by atoms with Gasteiger partial charge in [-0.1, -0.05) is 19.1 Å². The summed E-state index contributed by atoms with van der Waals surface area (Å²) in [6, 6.07) is 6.26. The maximum atomic E-state index is 12.5. The lowest BCUT2D eigenvalue weighted by atomic mass is 10.2. The van der Waals surface area contributed by atoms with Crippen molar-refractivity contribution < 1.29 is 18.3 Å². The Labute approximate surface area is 124 Å². The van der Waals surface area contributed by atoms with Crippen LogP contribution < -0.4 is 0 Å². The summed E-state index contributed by atoms with van der Waals surface area (Å²) in [5, 5.41) is 8.56. The number of rotatable bonds is 7. The van der Waals surface area contributed by atoms with Gasteiger partial charge in [-0.25, -0.2) is 13.2 Å². The maximum Gasteiger partial charge on any atom is 0.328 e. The quantitative estimate of drug-likeness (QED) is 0.784. The normalized spacial score (nSPS) is 15.7. The summed E-state index contributed by atoms with van der Waals surface area (Å²) in [6.07, 6.45) is 4.66. The Morgan fingerprint density at radius 2 is 1.95 bits per heavy atom. The van der Waals surface area contributed by atoms with Crippen LogP contribution >= 0.6 is 0 Å². The van der Waals surface area contributed by atoms with Gasteiger partial charge >= 0.3 is 5.97 Å². The number of carboxylic acid groups (broad SMARTS) is 1. The van der Waals surface area contributed by atoms with Crippen molar-refractivity contribution in [2.24, 2.45) is 5.92 Å². The Morgan fingerprint density at radius 3 is 2.43 bits per heavy atom. The Bertz CT molecular complexity index is 630. The molecule has 1 N–H and O–H groups in total. The van der Waals surface area contributed by atoms with E-state index in [1.54, 1.807) is 12.1 Å². The van der Waals surface area contributed by atoms with E-state index in [0.29, 0.717) is 24.6 Å². The van der Waals surface area contributed by atoms with E-state index in [-0.39, 0.29) is 4.90 Å². The van der Waals surface area contributed by atoms with E-state index < -0.39 is 16.0 Å². The highest BCUT2D eigenvalue weighted by Gasteiger charge is 2.30. The van der Waals surface area contributed by atoms with Crippen molar-refractivity contribution in [2.45, 2.75) is 24.7 Å². The van der Waals surface area contributed by atoms with Crippen molar-refractivity contribution in [3.63, 3.8) is 0 Å². The van der Waals surface area contributed by atoms with Gasteiger partial charge < -0.3 is 5.11 Å². The van der Waals surface area contributed by atoms with Crippen LogP contribution in [0.2, 0.25) is 0 Å². The van der Waals surface area contributed by atoms with Crippen LogP contribution in [0.3, 0.4) is 0 Å². The monoisotopic (exact) mass is 309 g/mol. The highest BCUT2D eigenvalue weighted by molar-refractivity contribution is 7.89. The third-order valence-electron chi connectivity index (χ3n) is 3.45. The molecule has 0 amide bonds. The minimum absolute atomic E-state index is 0.248. The smallest absolute Gasteiger partial charge is 0.328 e. The van der Waals surface area contributed by atoms with Crippen LogP contribution in [-0.2, 0) is 14.8 Å². The van der Waals surface area contributed by atoms with Gasteiger partial charge in [0.2, 0.25) is 10.0 Å². The van der Waals surface area contributed by atoms with E-state index in [4.69, 9.17) is 5.11 Å². The van der Waals surface area contributed by atoms with Crippen molar-refractivity contribution in [3.05, 3.63) is 35.9 Å². The molecule has 0 radical (unpaired) electrons. The first-order chi connectivity index (χ1) is 9.93. The molecule has 0 heterocycles. The fourth-order valence-electron chi connectivity index (χ4n) is 2.05. The summed E-state index contributed by atoms with van der Waals surface area (Å²) in [5.74, 6) is -0.536.